The highest BCUT2D eigenvalue weighted by molar-refractivity contribution is 6.99. The molecular weight excluding hydrogens is 210 g/mol. The maximum absolute atomic E-state index is 9.05. The highest BCUT2D eigenvalue weighted by Crippen LogP contribution is 2.28. The largest absolute Gasteiger partial charge is 0.393 e. The fraction of sp³-hybridized carbons (Fsp3) is 0.714. The lowest BCUT2D eigenvalue weighted by atomic mass is 9.82. The van der Waals surface area contributed by atoms with E-state index in [1.807, 2.05) is 0 Å². The van der Waals surface area contributed by atoms with Gasteiger partial charge in [0.1, 0.15) is 0 Å². The van der Waals surface area contributed by atoms with Crippen LogP contribution in [0.5, 0.6) is 0 Å². The van der Waals surface area contributed by atoms with Crippen LogP contribution in [0.4, 0.5) is 5.82 Å². The molecule has 13 heavy (non-hydrogen) atoms. The zero-order valence-electron chi connectivity index (χ0n) is 6.90. The maximum atomic E-state index is 9.05. The molecule has 1 saturated carbocycles. The molecule has 0 aromatic carbocycles. The van der Waals surface area contributed by atoms with Gasteiger partial charge in [-0.3, -0.25) is 0 Å². The number of nitrogens with one attached hydrogen (secondary N) is 1. The second kappa shape index (κ2) is 3.77. The Bertz CT molecular complexity index is 287. The van der Waals surface area contributed by atoms with Crippen LogP contribution in [0.1, 0.15) is 12.8 Å². The number of halogens is 1. The van der Waals surface area contributed by atoms with Gasteiger partial charge in [0, 0.05) is 6.54 Å². The van der Waals surface area contributed by atoms with E-state index in [0.29, 0.717) is 16.9 Å². The molecule has 2 rings (SSSR count). The smallest absolute Gasteiger partial charge is 0.186 e. The maximum Gasteiger partial charge on any atom is 0.186 e. The number of aliphatic hydroxyl groups is 1. The van der Waals surface area contributed by atoms with Crippen LogP contribution in [0, 0.1) is 5.92 Å². The summed E-state index contributed by atoms with van der Waals surface area (Å²) in [6.07, 6.45) is 1.65. The van der Waals surface area contributed by atoms with E-state index in [0.717, 1.165) is 31.1 Å². The summed E-state index contributed by atoms with van der Waals surface area (Å²) < 4.78 is 7.83. The molecule has 0 bridgehead atoms. The van der Waals surface area contributed by atoms with E-state index >= 15 is 0 Å². The van der Waals surface area contributed by atoms with Gasteiger partial charge in [0.15, 0.2) is 11.0 Å². The Kier molecular flexibility index (Phi) is 2.66. The van der Waals surface area contributed by atoms with E-state index in [2.05, 4.69) is 14.1 Å². The van der Waals surface area contributed by atoms with E-state index < -0.39 is 0 Å². The fourth-order valence-corrected chi connectivity index (χ4v) is 2.07. The lowest BCUT2D eigenvalue weighted by Gasteiger charge is -2.31. The number of nitrogens with zero attached hydrogens (tertiary/aromatic N) is 2. The topological polar surface area (TPSA) is 58.0 Å². The number of aromatic nitrogens is 2. The van der Waals surface area contributed by atoms with Crippen LogP contribution in [0.2, 0.25) is 5.15 Å². The van der Waals surface area contributed by atoms with E-state index in [9.17, 15) is 0 Å². The molecule has 0 radical (unpaired) electrons. The second-order valence-electron chi connectivity index (χ2n) is 3.28. The van der Waals surface area contributed by atoms with Gasteiger partial charge in [-0.05, 0) is 18.8 Å². The highest BCUT2D eigenvalue weighted by Gasteiger charge is 2.26. The van der Waals surface area contributed by atoms with Crippen LogP contribution >= 0.6 is 23.3 Å². The molecular formula is C7H10ClN3OS. The van der Waals surface area contributed by atoms with Crippen molar-refractivity contribution in [1.29, 1.82) is 0 Å². The van der Waals surface area contributed by atoms with Crippen molar-refractivity contribution in [2.45, 2.75) is 18.9 Å². The molecule has 0 atom stereocenters. The third-order valence-electron chi connectivity index (χ3n) is 2.22. The quantitative estimate of drug-likeness (QED) is 0.807. The van der Waals surface area contributed by atoms with Gasteiger partial charge >= 0.3 is 0 Å². The van der Waals surface area contributed by atoms with Gasteiger partial charge < -0.3 is 10.4 Å². The van der Waals surface area contributed by atoms with Crippen molar-refractivity contribution in [2.24, 2.45) is 5.92 Å². The first-order chi connectivity index (χ1) is 6.25. The first kappa shape index (κ1) is 9.18. The van der Waals surface area contributed by atoms with Gasteiger partial charge in [-0.1, -0.05) is 11.6 Å². The SMILES string of the molecule is OC1CC(CNc2nsnc2Cl)C1. The molecule has 0 saturated heterocycles. The average molecular weight is 220 g/mol. The van der Waals surface area contributed by atoms with Crippen molar-refractivity contribution in [1.82, 2.24) is 8.75 Å². The van der Waals surface area contributed by atoms with E-state index in [1.165, 1.54) is 0 Å². The second-order valence-corrected chi connectivity index (χ2v) is 4.16. The highest BCUT2D eigenvalue weighted by atomic mass is 35.5. The van der Waals surface area contributed by atoms with Crippen molar-refractivity contribution in [3.05, 3.63) is 5.15 Å². The molecule has 6 heteroatoms. The molecule has 1 aromatic heterocycles. The number of hydrogen-bond acceptors (Lipinski definition) is 5. The zero-order chi connectivity index (χ0) is 9.26. The average Bonchev–Trinajstić information content (AvgIpc) is 2.43. The Balaban J connectivity index is 1.77. The monoisotopic (exact) mass is 219 g/mol. The first-order valence-electron chi connectivity index (χ1n) is 4.15. The molecule has 1 heterocycles. The summed E-state index contributed by atoms with van der Waals surface area (Å²) in [5, 5.41) is 12.6. The Labute approximate surface area is 85.3 Å². The Morgan fingerprint density at radius 2 is 2.31 bits per heavy atom. The summed E-state index contributed by atoms with van der Waals surface area (Å²) in [7, 11) is 0. The summed E-state index contributed by atoms with van der Waals surface area (Å²) in [5.74, 6) is 1.21. The lowest BCUT2D eigenvalue weighted by Crippen LogP contribution is -2.33. The number of aliphatic hydroxyl groups excluding tert-OH is 1. The minimum absolute atomic E-state index is 0.101. The molecule has 2 N–H and O–H groups in total. The Hall–Kier alpha value is -0.390. The van der Waals surface area contributed by atoms with Crippen LogP contribution in [-0.4, -0.2) is 26.5 Å². The molecule has 0 spiro atoms. The molecule has 0 unspecified atom stereocenters. The molecule has 0 amide bonds. The molecule has 4 nitrogen and oxygen atoms in total. The molecule has 1 aliphatic rings. The summed E-state index contributed by atoms with van der Waals surface area (Å²) >= 11 is 6.84. The molecule has 1 fully saturated rings. The third kappa shape index (κ3) is 2.10. The standard InChI is InChI=1S/C7H10ClN3OS/c8-6-7(11-13-10-6)9-3-4-1-5(12)2-4/h4-5,12H,1-3H2,(H,9,11). The van der Waals surface area contributed by atoms with Crippen molar-refractivity contribution in [3.63, 3.8) is 0 Å². The van der Waals surface area contributed by atoms with Crippen molar-refractivity contribution >= 4 is 29.1 Å². The third-order valence-corrected chi connectivity index (χ3v) is 3.11. The summed E-state index contributed by atoms with van der Waals surface area (Å²) in [5.41, 5.74) is 0. The Morgan fingerprint density at radius 3 is 2.85 bits per heavy atom. The molecule has 0 aliphatic heterocycles. The summed E-state index contributed by atoms with van der Waals surface area (Å²) in [6, 6.07) is 0. The Morgan fingerprint density at radius 1 is 1.54 bits per heavy atom. The van der Waals surface area contributed by atoms with E-state index in [1.54, 1.807) is 0 Å². The van der Waals surface area contributed by atoms with Gasteiger partial charge in [0.05, 0.1) is 17.8 Å². The molecule has 72 valence electrons. The predicted octanol–water partition coefficient (Wildman–Crippen LogP) is 1.37. The molecule has 1 aromatic rings. The van der Waals surface area contributed by atoms with Crippen molar-refractivity contribution in [3.8, 4) is 0 Å². The van der Waals surface area contributed by atoms with Crippen LogP contribution in [-0.2, 0) is 0 Å². The van der Waals surface area contributed by atoms with Gasteiger partial charge in [-0.2, -0.15) is 8.75 Å². The first-order valence-corrected chi connectivity index (χ1v) is 5.26. The van der Waals surface area contributed by atoms with Crippen molar-refractivity contribution < 1.29 is 5.11 Å². The van der Waals surface area contributed by atoms with Gasteiger partial charge in [-0.15, -0.1) is 0 Å². The summed E-state index contributed by atoms with van der Waals surface area (Å²) in [4.78, 5) is 0. The van der Waals surface area contributed by atoms with Gasteiger partial charge in [-0.25, -0.2) is 0 Å². The van der Waals surface area contributed by atoms with Crippen LogP contribution in [0.15, 0.2) is 0 Å². The fourth-order valence-electron chi connectivity index (χ4n) is 1.39. The van der Waals surface area contributed by atoms with E-state index in [4.69, 9.17) is 16.7 Å². The minimum Gasteiger partial charge on any atom is -0.393 e. The summed E-state index contributed by atoms with van der Waals surface area (Å²) in [6.45, 7) is 0.822. The van der Waals surface area contributed by atoms with Crippen LogP contribution < -0.4 is 5.32 Å². The van der Waals surface area contributed by atoms with E-state index in [-0.39, 0.29) is 6.10 Å². The minimum atomic E-state index is -0.101. The lowest BCUT2D eigenvalue weighted by molar-refractivity contribution is 0.0486. The number of rotatable bonds is 3. The van der Waals surface area contributed by atoms with Gasteiger partial charge in [0.25, 0.3) is 0 Å². The molecule has 1 aliphatic carbocycles. The van der Waals surface area contributed by atoms with Crippen LogP contribution in [0.25, 0.3) is 0 Å². The normalized spacial score (nSPS) is 26.9. The number of hydrogen-bond donors (Lipinski definition) is 2. The zero-order valence-corrected chi connectivity index (χ0v) is 8.48. The predicted molar refractivity (Wildman–Crippen MR) is 52.1 cm³/mol. The van der Waals surface area contributed by atoms with Gasteiger partial charge in [0.2, 0.25) is 0 Å². The number of anilines is 1. The van der Waals surface area contributed by atoms with Crippen molar-refractivity contribution in [2.75, 3.05) is 11.9 Å². The van der Waals surface area contributed by atoms with Crippen LogP contribution in [0.3, 0.4) is 0 Å².